The Morgan fingerprint density at radius 2 is 2.00 bits per heavy atom. The molecule has 0 bridgehead atoms. The summed E-state index contributed by atoms with van der Waals surface area (Å²) in [4.78, 5) is 2.13. The number of nitrogens with zero attached hydrogens (tertiary/aromatic N) is 4. The molecule has 1 saturated heterocycles. The third-order valence-corrected chi connectivity index (χ3v) is 5.12. The highest BCUT2D eigenvalue weighted by molar-refractivity contribution is 7.99. The number of halogens is 3. The fourth-order valence-electron chi connectivity index (χ4n) is 2.83. The van der Waals surface area contributed by atoms with Crippen molar-refractivity contribution in [3.8, 4) is 5.69 Å². The number of morpholine rings is 1. The lowest BCUT2D eigenvalue weighted by molar-refractivity contribution is -0.173. The summed E-state index contributed by atoms with van der Waals surface area (Å²) in [6.45, 7) is 3.62. The van der Waals surface area contributed by atoms with Crippen molar-refractivity contribution in [3.63, 3.8) is 0 Å². The number of hydrogen-bond donors (Lipinski definition) is 0. The van der Waals surface area contributed by atoms with Crippen molar-refractivity contribution >= 4 is 17.7 Å². The second-order valence-corrected chi connectivity index (χ2v) is 7.49. The second-order valence-electron chi connectivity index (χ2n) is 6.43. The lowest BCUT2D eigenvalue weighted by Crippen LogP contribution is -2.37. The fourth-order valence-corrected chi connectivity index (χ4v) is 3.69. The molecule has 6 nitrogen and oxygen atoms in total. The van der Waals surface area contributed by atoms with Crippen molar-refractivity contribution in [2.45, 2.75) is 24.7 Å². The second kappa shape index (κ2) is 9.62. The summed E-state index contributed by atoms with van der Waals surface area (Å²) in [7, 11) is 0. The minimum atomic E-state index is -4.29. The number of alkyl halides is 3. The molecule has 154 valence electrons. The zero-order valence-corrected chi connectivity index (χ0v) is 16.4. The fraction of sp³-hybridized carbons (Fsp3) is 0.556. The summed E-state index contributed by atoms with van der Waals surface area (Å²) in [6, 6.07) is 8.06. The standard InChI is InChI=1S/C18H23F3N4O2S/c1-14-4-2-5-15(12-14)25-16(24-6-9-26-10-7-24)22-23-17(25)28-11-3-8-27-13-18(19,20)21/h2,4-5,12H,3,6-11,13H2,1H3. The van der Waals surface area contributed by atoms with Crippen LogP contribution in [0.5, 0.6) is 0 Å². The Morgan fingerprint density at radius 3 is 2.71 bits per heavy atom. The summed E-state index contributed by atoms with van der Waals surface area (Å²) in [5.41, 5.74) is 2.08. The summed E-state index contributed by atoms with van der Waals surface area (Å²) in [6.07, 6.45) is -3.79. The van der Waals surface area contributed by atoms with Gasteiger partial charge in [0.05, 0.1) is 18.9 Å². The molecule has 0 spiro atoms. The number of thioether (sulfide) groups is 1. The average molecular weight is 416 g/mol. The molecule has 1 aliphatic rings. The van der Waals surface area contributed by atoms with Crippen LogP contribution in [0.3, 0.4) is 0 Å². The van der Waals surface area contributed by atoms with Crippen LogP contribution < -0.4 is 4.90 Å². The number of rotatable bonds is 8. The number of ether oxygens (including phenoxy) is 2. The Labute approximate surface area is 166 Å². The van der Waals surface area contributed by atoms with Crippen LogP contribution in [0.1, 0.15) is 12.0 Å². The number of benzene rings is 1. The van der Waals surface area contributed by atoms with E-state index in [0.717, 1.165) is 30.3 Å². The van der Waals surface area contributed by atoms with E-state index in [0.29, 0.717) is 30.5 Å². The van der Waals surface area contributed by atoms with Crippen LogP contribution in [0.4, 0.5) is 19.1 Å². The van der Waals surface area contributed by atoms with Crippen LogP contribution in [0.15, 0.2) is 29.4 Å². The summed E-state index contributed by atoms with van der Waals surface area (Å²) >= 11 is 1.46. The highest BCUT2D eigenvalue weighted by atomic mass is 32.2. The van der Waals surface area contributed by atoms with E-state index in [9.17, 15) is 13.2 Å². The third kappa shape index (κ3) is 5.86. The Bertz CT molecular complexity index is 764. The maximum atomic E-state index is 12.1. The molecule has 0 N–H and O–H groups in total. The molecule has 0 saturated carbocycles. The van der Waals surface area contributed by atoms with Crippen molar-refractivity contribution in [2.24, 2.45) is 0 Å². The first-order chi connectivity index (χ1) is 13.4. The molecule has 0 aliphatic carbocycles. The van der Waals surface area contributed by atoms with Gasteiger partial charge in [0.1, 0.15) is 6.61 Å². The molecule has 10 heteroatoms. The normalized spacial score (nSPS) is 15.2. The van der Waals surface area contributed by atoms with Gasteiger partial charge in [-0.05, 0) is 31.0 Å². The zero-order valence-electron chi connectivity index (χ0n) is 15.6. The first-order valence-corrected chi connectivity index (χ1v) is 10.0. The Kier molecular flexibility index (Phi) is 7.19. The minimum absolute atomic E-state index is 0.0570. The van der Waals surface area contributed by atoms with Gasteiger partial charge in [-0.3, -0.25) is 4.57 Å². The topological polar surface area (TPSA) is 52.4 Å². The Morgan fingerprint density at radius 1 is 1.21 bits per heavy atom. The molecule has 0 radical (unpaired) electrons. The van der Waals surface area contributed by atoms with Gasteiger partial charge in [0.25, 0.3) is 0 Å². The van der Waals surface area contributed by atoms with E-state index in [1.165, 1.54) is 11.8 Å². The zero-order chi connectivity index (χ0) is 20.0. The molecular weight excluding hydrogens is 393 g/mol. The van der Waals surface area contributed by atoms with Crippen LogP contribution in [-0.4, -0.2) is 66.2 Å². The molecule has 2 aromatic rings. The van der Waals surface area contributed by atoms with Gasteiger partial charge in [0, 0.05) is 25.4 Å². The molecule has 1 aromatic carbocycles. The van der Waals surface area contributed by atoms with Gasteiger partial charge in [-0.15, -0.1) is 10.2 Å². The predicted molar refractivity (Wildman–Crippen MR) is 101 cm³/mol. The van der Waals surface area contributed by atoms with Gasteiger partial charge in [0.15, 0.2) is 5.16 Å². The van der Waals surface area contributed by atoms with Crippen molar-refractivity contribution < 1.29 is 22.6 Å². The number of hydrogen-bond acceptors (Lipinski definition) is 6. The SMILES string of the molecule is Cc1cccc(-n2c(SCCCOCC(F)(F)F)nnc2N2CCOCC2)c1. The van der Waals surface area contributed by atoms with Gasteiger partial charge in [-0.25, -0.2) is 0 Å². The number of aryl methyl sites for hydroxylation is 1. The summed E-state index contributed by atoms with van der Waals surface area (Å²) < 4.78 is 48.4. The third-order valence-electron chi connectivity index (χ3n) is 4.10. The van der Waals surface area contributed by atoms with Gasteiger partial charge in [-0.1, -0.05) is 23.9 Å². The predicted octanol–water partition coefficient (Wildman–Crippen LogP) is 3.47. The number of anilines is 1. The first kappa shape index (κ1) is 20.9. The molecule has 3 rings (SSSR count). The van der Waals surface area contributed by atoms with Crippen LogP contribution in [0.2, 0.25) is 0 Å². The maximum absolute atomic E-state index is 12.1. The number of aromatic nitrogens is 3. The average Bonchev–Trinajstić information content (AvgIpc) is 3.08. The Hall–Kier alpha value is -1.78. The molecule has 28 heavy (non-hydrogen) atoms. The van der Waals surface area contributed by atoms with E-state index < -0.39 is 12.8 Å². The highest BCUT2D eigenvalue weighted by Crippen LogP contribution is 2.28. The molecule has 0 unspecified atom stereocenters. The van der Waals surface area contributed by atoms with Crippen LogP contribution in [-0.2, 0) is 9.47 Å². The van der Waals surface area contributed by atoms with E-state index in [2.05, 4.69) is 25.9 Å². The van der Waals surface area contributed by atoms with E-state index >= 15 is 0 Å². The van der Waals surface area contributed by atoms with Crippen molar-refractivity contribution in [1.82, 2.24) is 14.8 Å². The minimum Gasteiger partial charge on any atom is -0.378 e. The lowest BCUT2D eigenvalue weighted by Gasteiger charge is -2.28. The summed E-state index contributed by atoms with van der Waals surface area (Å²) in [5.74, 6) is 1.34. The van der Waals surface area contributed by atoms with E-state index in [4.69, 9.17) is 4.74 Å². The largest absolute Gasteiger partial charge is 0.411 e. The molecule has 1 fully saturated rings. The molecule has 1 aliphatic heterocycles. The molecule has 0 atom stereocenters. The first-order valence-electron chi connectivity index (χ1n) is 9.06. The van der Waals surface area contributed by atoms with Crippen molar-refractivity contribution in [1.29, 1.82) is 0 Å². The van der Waals surface area contributed by atoms with Gasteiger partial charge < -0.3 is 14.4 Å². The molecule has 2 heterocycles. The molecule has 1 aromatic heterocycles. The Balaban J connectivity index is 1.69. The molecular formula is C18H23F3N4O2S. The van der Waals surface area contributed by atoms with Crippen molar-refractivity contribution in [3.05, 3.63) is 29.8 Å². The lowest BCUT2D eigenvalue weighted by atomic mass is 10.2. The monoisotopic (exact) mass is 416 g/mol. The van der Waals surface area contributed by atoms with Crippen molar-refractivity contribution in [2.75, 3.05) is 50.2 Å². The van der Waals surface area contributed by atoms with Crippen LogP contribution >= 0.6 is 11.8 Å². The van der Waals surface area contributed by atoms with Crippen LogP contribution in [0.25, 0.3) is 5.69 Å². The highest BCUT2D eigenvalue weighted by Gasteiger charge is 2.27. The maximum Gasteiger partial charge on any atom is 0.411 e. The van der Waals surface area contributed by atoms with Crippen LogP contribution in [0, 0.1) is 6.92 Å². The summed E-state index contributed by atoms with van der Waals surface area (Å²) in [5, 5.41) is 9.41. The van der Waals surface area contributed by atoms with E-state index in [1.807, 2.05) is 29.7 Å². The smallest absolute Gasteiger partial charge is 0.378 e. The quantitative estimate of drug-likeness (QED) is 0.485. The van der Waals surface area contributed by atoms with Gasteiger partial charge in [0.2, 0.25) is 5.95 Å². The van der Waals surface area contributed by atoms with Gasteiger partial charge >= 0.3 is 6.18 Å². The molecule has 0 amide bonds. The van der Waals surface area contributed by atoms with E-state index in [1.54, 1.807) is 0 Å². The van der Waals surface area contributed by atoms with Gasteiger partial charge in [-0.2, -0.15) is 13.2 Å². The van der Waals surface area contributed by atoms with E-state index in [-0.39, 0.29) is 6.61 Å².